The molecule has 0 fully saturated rings. The van der Waals surface area contributed by atoms with Crippen LogP contribution >= 0.6 is 0 Å². The van der Waals surface area contributed by atoms with Crippen LogP contribution in [0.3, 0.4) is 0 Å². The Morgan fingerprint density at radius 3 is 2.43 bits per heavy atom. The van der Waals surface area contributed by atoms with Gasteiger partial charge in [-0.25, -0.2) is 0 Å². The van der Waals surface area contributed by atoms with E-state index in [-0.39, 0.29) is 5.78 Å². The van der Waals surface area contributed by atoms with Crippen LogP contribution in [0.25, 0.3) is 5.57 Å². The third kappa shape index (κ3) is 2.08. The molecule has 1 nitrogen and oxygen atoms in total. The second-order valence-electron chi connectivity index (χ2n) is 7.85. The molecule has 4 rings (SSSR count). The van der Waals surface area contributed by atoms with Crippen LogP contribution in [0, 0.1) is 5.92 Å². The zero-order valence-electron chi connectivity index (χ0n) is 14.2. The lowest BCUT2D eigenvalue weighted by molar-refractivity contribution is 0.104. The average molecular weight is 318 g/mol. The largest absolute Gasteiger partial charge is 0.289 e. The van der Waals surface area contributed by atoms with E-state index in [2.05, 4.69) is 56.9 Å². The van der Waals surface area contributed by atoms with Gasteiger partial charge in [0.25, 0.3) is 0 Å². The van der Waals surface area contributed by atoms with Gasteiger partial charge in [-0.1, -0.05) is 72.9 Å². The molecule has 0 amide bonds. The Labute approximate surface area is 139 Å². The number of hydrogen-bond acceptors (Lipinski definition) is 1. The minimum Gasteiger partial charge on any atom is -0.289 e. The monoisotopic (exact) mass is 318 g/mol. The zero-order chi connectivity index (χ0) is 16.4. The van der Waals surface area contributed by atoms with Crippen molar-refractivity contribution in [3.05, 3.63) is 75.5 Å². The first-order chi connectivity index (χ1) is 10.9. The number of carbonyl (C=O) groups is 1. The second-order valence-corrected chi connectivity index (χ2v) is 12.9. The Bertz CT molecular complexity index is 856. The number of fused-ring (bicyclic) bond motifs is 4. The summed E-state index contributed by atoms with van der Waals surface area (Å²) in [5, 5.41) is 1.35. The van der Waals surface area contributed by atoms with Gasteiger partial charge in [-0.05, 0) is 30.1 Å². The molecule has 1 unspecified atom stereocenters. The zero-order valence-corrected chi connectivity index (χ0v) is 15.2. The van der Waals surface area contributed by atoms with Crippen molar-refractivity contribution in [1.82, 2.24) is 0 Å². The van der Waals surface area contributed by atoms with Crippen LogP contribution in [0.5, 0.6) is 0 Å². The fourth-order valence-corrected chi connectivity index (χ4v) is 5.70. The molecule has 3 aliphatic carbocycles. The maximum atomic E-state index is 13.1. The van der Waals surface area contributed by atoms with Crippen LogP contribution in [0.4, 0.5) is 0 Å². The molecular formula is C21H22OSi. The summed E-state index contributed by atoms with van der Waals surface area (Å²) in [4.78, 5) is 13.1. The topological polar surface area (TPSA) is 17.1 Å². The maximum absolute atomic E-state index is 13.1. The van der Waals surface area contributed by atoms with Crippen molar-refractivity contribution in [2.24, 2.45) is 5.92 Å². The molecule has 0 aliphatic heterocycles. The van der Waals surface area contributed by atoms with Gasteiger partial charge in [-0.15, -0.1) is 0 Å². The molecule has 1 aromatic rings. The fraction of sp³-hybridized carbons (Fsp3) is 0.286. The minimum absolute atomic E-state index is 0.232. The lowest BCUT2D eigenvalue weighted by Gasteiger charge is -2.33. The molecule has 2 heteroatoms. The third-order valence-electron chi connectivity index (χ3n) is 5.13. The fourth-order valence-electron chi connectivity index (χ4n) is 4.01. The third-order valence-corrected chi connectivity index (χ3v) is 7.16. The van der Waals surface area contributed by atoms with E-state index in [1.54, 1.807) is 0 Å². The van der Waals surface area contributed by atoms with Crippen molar-refractivity contribution in [1.29, 1.82) is 0 Å². The lowest BCUT2D eigenvalue weighted by atomic mass is 9.78. The Morgan fingerprint density at radius 2 is 1.74 bits per heavy atom. The Kier molecular flexibility index (Phi) is 3.04. The van der Waals surface area contributed by atoms with Gasteiger partial charge >= 0.3 is 0 Å². The molecule has 1 aromatic carbocycles. The van der Waals surface area contributed by atoms with E-state index in [9.17, 15) is 4.79 Å². The molecule has 0 heterocycles. The van der Waals surface area contributed by atoms with Gasteiger partial charge in [0, 0.05) is 17.1 Å². The highest BCUT2D eigenvalue weighted by Crippen LogP contribution is 2.50. The second kappa shape index (κ2) is 4.78. The summed E-state index contributed by atoms with van der Waals surface area (Å²) < 4.78 is 0. The van der Waals surface area contributed by atoms with E-state index in [1.165, 1.54) is 21.9 Å². The molecule has 0 bridgehead atoms. The summed E-state index contributed by atoms with van der Waals surface area (Å²) in [6.45, 7) is 9.19. The SMILES string of the molecule is CC1=CCC2C=C([Si](C)(C)C)C3=C(C2=C1)c1ccccc1C3=O. The van der Waals surface area contributed by atoms with Crippen LogP contribution in [-0.4, -0.2) is 13.9 Å². The number of Topliss-reactive ketones (excluding diaryl/α,β-unsaturated/α-hetero) is 1. The van der Waals surface area contributed by atoms with E-state index < -0.39 is 8.07 Å². The number of benzene rings is 1. The number of allylic oxidation sites excluding steroid dienone is 8. The standard InChI is InChI=1S/C21H22OSi/c1-13-9-10-14-12-18(23(2,3)4)20-19(17(14)11-13)15-7-5-6-8-16(15)21(20)22/h5-9,11-12,14H,10H2,1-4H3. The predicted octanol–water partition coefficient (Wildman–Crippen LogP) is 5.35. The first-order valence-electron chi connectivity index (χ1n) is 8.37. The number of ketones is 1. The molecule has 116 valence electrons. The van der Waals surface area contributed by atoms with Crippen LogP contribution in [0.2, 0.25) is 19.6 Å². The van der Waals surface area contributed by atoms with Crippen molar-refractivity contribution in [2.75, 3.05) is 0 Å². The van der Waals surface area contributed by atoms with Crippen LogP contribution in [0.1, 0.15) is 29.3 Å². The summed E-state index contributed by atoms with van der Waals surface area (Å²) >= 11 is 0. The summed E-state index contributed by atoms with van der Waals surface area (Å²) in [6.07, 6.45) is 8.07. The highest BCUT2D eigenvalue weighted by molar-refractivity contribution is 6.85. The van der Waals surface area contributed by atoms with Crippen molar-refractivity contribution in [3.63, 3.8) is 0 Å². The normalized spacial score (nSPS) is 22.9. The van der Waals surface area contributed by atoms with Crippen molar-refractivity contribution < 1.29 is 4.79 Å². The molecule has 1 atom stereocenters. The quantitative estimate of drug-likeness (QED) is 0.638. The molecule has 0 spiro atoms. The first-order valence-corrected chi connectivity index (χ1v) is 11.9. The van der Waals surface area contributed by atoms with Gasteiger partial charge in [-0.3, -0.25) is 4.79 Å². The Balaban J connectivity index is 2.03. The van der Waals surface area contributed by atoms with Crippen molar-refractivity contribution in [3.8, 4) is 0 Å². The maximum Gasteiger partial charge on any atom is 0.194 e. The van der Waals surface area contributed by atoms with Crippen molar-refractivity contribution in [2.45, 2.75) is 33.0 Å². The summed E-state index contributed by atoms with van der Waals surface area (Å²) in [5.74, 6) is 0.661. The summed E-state index contributed by atoms with van der Waals surface area (Å²) in [5.41, 5.74) is 6.91. The average Bonchev–Trinajstić information content (AvgIpc) is 2.80. The summed E-state index contributed by atoms with van der Waals surface area (Å²) in [6, 6.07) is 8.13. The van der Waals surface area contributed by atoms with E-state index >= 15 is 0 Å². The molecule has 0 N–H and O–H groups in total. The van der Waals surface area contributed by atoms with E-state index in [1.807, 2.05) is 12.1 Å². The van der Waals surface area contributed by atoms with Gasteiger partial charge in [-0.2, -0.15) is 0 Å². The number of carbonyl (C=O) groups excluding carboxylic acids is 1. The van der Waals surface area contributed by atoms with Crippen LogP contribution in [-0.2, 0) is 0 Å². The van der Waals surface area contributed by atoms with Crippen molar-refractivity contribution >= 4 is 19.4 Å². The molecule has 0 saturated heterocycles. The predicted molar refractivity (Wildman–Crippen MR) is 99.1 cm³/mol. The minimum atomic E-state index is -1.58. The first kappa shape index (κ1) is 14.6. The molecule has 0 saturated carbocycles. The highest BCUT2D eigenvalue weighted by atomic mass is 28.3. The van der Waals surface area contributed by atoms with Gasteiger partial charge in [0.15, 0.2) is 5.78 Å². The van der Waals surface area contributed by atoms with E-state index in [0.29, 0.717) is 5.92 Å². The van der Waals surface area contributed by atoms with Gasteiger partial charge in [0.2, 0.25) is 0 Å². The molecule has 0 radical (unpaired) electrons. The molecule has 3 aliphatic rings. The number of rotatable bonds is 1. The molecule has 23 heavy (non-hydrogen) atoms. The van der Waals surface area contributed by atoms with Crippen LogP contribution in [0.15, 0.2) is 64.4 Å². The van der Waals surface area contributed by atoms with E-state index in [0.717, 1.165) is 23.1 Å². The number of hydrogen-bond donors (Lipinski definition) is 0. The smallest absolute Gasteiger partial charge is 0.194 e. The highest BCUT2D eigenvalue weighted by Gasteiger charge is 2.41. The van der Waals surface area contributed by atoms with E-state index in [4.69, 9.17) is 0 Å². The Morgan fingerprint density at radius 1 is 1.04 bits per heavy atom. The molecule has 0 aromatic heterocycles. The van der Waals surface area contributed by atoms with Crippen LogP contribution < -0.4 is 0 Å². The van der Waals surface area contributed by atoms with Gasteiger partial charge in [0.1, 0.15) is 0 Å². The molecular weight excluding hydrogens is 296 g/mol. The van der Waals surface area contributed by atoms with Gasteiger partial charge in [0.05, 0.1) is 8.07 Å². The van der Waals surface area contributed by atoms with Gasteiger partial charge < -0.3 is 0 Å². The lowest BCUT2D eigenvalue weighted by Crippen LogP contribution is -2.30. The Hall–Kier alpha value is -1.93. The summed E-state index contributed by atoms with van der Waals surface area (Å²) in [7, 11) is -1.58.